The van der Waals surface area contributed by atoms with Crippen LogP contribution in [-0.4, -0.2) is 54.2 Å². The molecule has 26 heavy (non-hydrogen) atoms. The second-order valence-corrected chi connectivity index (χ2v) is 8.26. The lowest BCUT2D eigenvalue weighted by molar-refractivity contribution is 0.102. The summed E-state index contributed by atoms with van der Waals surface area (Å²) >= 11 is 6.17. The average molecular weight is 376 g/mol. The highest BCUT2D eigenvalue weighted by molar-refractivity contribution is 6.31. The van der Waals surface area contributed by atoms with Crippen LogP contribution < -0.4 is 10.2 Å². The molecule has 1 aromatic heterocycles. The van der Waals surface area contributed by atoms with Gasteiger partial charge in [0.2, 0.25) is 0 Å². The Bertz CT molecular complexity index is 787. The number of carbonyl (C=O) groups excluding carboxylic acids is 1. The molecule has 0 atom stereocenters. The Kier molecular flexibility index (Phi) is 5.25. The Morgan fingerprint density at radius 3 is 2.50 bits per heavy atom. The van der Waals surface area contributed by atoms with Crippen LogP contribution in [-0.2, 0) is 5.41 Å². The van der Waals surface area contributed by atoms with E-state index in [1.165, 1.54) is 0 Å². The van der Waals surface area contributed by atoms with Crippen molar-refractivity contribution in [3.63, 3.8) is 0 Å². The molecule has 2 heterocycles. The van der Waals surface area contributed by atoms with E-state index in [1.807, 2.05) is 12.1 Å². The molecule has 3 rings (SSSR count). The molecular formula is C19H26ClN5O. The summed E-state index contributed by atoms with van der Waals surface area (Å²) in [6.45, 7) is 10.0. The Hall–Kier alpha value is -2.05. The van der Waals surface area contributed by atoms with Gasteiger partial charge in [0, 0.05) is 42.3 Å². The molecule has 2 N–H and O–H groups in total. The summed E-state index contributed by atoms with van der Waals surface area (Å²) < 4.78 is 0. The molecule has 0 spiro atoms. The van der Waals surface area contributed by atoms with E-state index >= 15 is 0 Å². The lowest BCUT2D eigenvalue weighted by Crippen LogP contribution is -2.44. The normalized spacial score (nSPS) is 16.0. The standard InChI is InChI=1S/C19H26ClN5O/c1-19(2,3)17-12-15(22-23-17)18(26)21-14-11-13(20)5-6-16(14)25-9-7-24(4)8-10-25/h5-6,11-12H,7-10H2,1-4H3,(H,21,26)(H,22,23). The lowest BCUT2D eigenvalue weighted by Gasteiger charge is -2.35. The number of aromatic amines is 1. The molecule has 0 radical (unpaired) electrons. The molecule has 1 saturated heterocycles. The topological polar surface area (TPSA) is 64.3 Å². The predicted octanol–water partition coefficient (Wildman–Crippen LogP) is 3.36. The number of hydrogen-bond donors (Lipinski definition) is 2. The zero-order chi connectivity index (χ0) is 18.9. The quantitative estimate of drug-likeness (QED) is 0.863. The number of piperazine rings is 1. The van der Waals surface area contributed by atoms with Gasteiger partial charge < -0.3 is 15.1 Å². The molecule has 7 heteroatoms. The van der Waals surface area contributed by atoms with Crippen LogP contribution in [0.5, 0.6) is 0 Å². The number of H-pyrrole nitrogens is 1. The van der Waals surface area contributed by atoms with E-state index in [0.717, 1.165) is 37.6 Å². The van der Waals surface area contributed by atoms with Gasteiger partial charge in [0.25, 0.3) is 5.91 Å². The summed E-state index contributed by atoms with van der Waals surface area (Å²) in [7, 11) is 2.12. The molecule has 2 aromatic rings. The second kappa shape index (κ2) is 7.29. The van der Waals surface area contributed by atoms with Crippen LogP contribution in [0, 0.1) is 0 Å². The van der Waals surface area contributed by atoms with Crippen molar-refractivity contribution in [2.45, 2.75) is 26.2 Å². The minimum atomic E-state index is -0.241. The molecule has 0 saturated carbocycles. The minimum absolute atomic E-state index is 0.0907. The predicted molar refractivity (Wildman–Crippen MR) is 106 cm³/mol. The summed E-state index contributed by atoms with van der Waals surface area (Å²) in [5, 5.41) is 10.7. The van der Waals surface area contributed by atoms with Crippen molar-refractivity contribution in [2.24, 2.45) is 0 Å². The number of amides is 1. The fourth-order valence-electron chi connectivity index (χ4n) is 2.94. The van der Waals surface area contributed by atoms with Crippen molar-refractivity contribution >= 4 is 28.9 Å². The van der Waals surface area contributed by atoms with Crippen molar-refractivity contribution in [3.05, 3.63) is 40.7 Å². The van der Waals surface area contributed by atoms with Gasteiger partial charge in [-0.25, -0.2) is 0 Å². The molecule has 1 aliphatic rings. The number of rotatable bonds is 3. The van der Waals surface area contributed by atoms with Crippen molar-refractivity contribution in [1.82, 2.24) is 15.1 Å². The molecule has 0 aliphatic carbocycles. The highest BCUT2D eigenvalue weighted by Crippen LogP contribution is 2.30. The number of aromatic nitrogens is 2. The second-order valence-electron chi connectivity index (χ2n) is 7.82. The number of likely N-dealkylation sites (N-methyl/N-ethyl adjacent to an activating group) is 1. The van der Waals surface area contributed by atoms with Crippen molar-refractivity contribution in [2.75, 3.05) is 43.4 Å². The third-order valence-electron chi connectivity index (χ3n) is 4.67. The van der Waals surface area contributed by atoms with Gasteiger partial charge in [-0.05, 0) is 31.3 Å². The monoisotopic (exact) mass is 375 g/mol. The molecule has 140 valence electrons. The highest BCUT2D eigenvalue weighted by atomic mass is 35.5. The van der Waals surface area contributed by atoms with Gasteiger partial charge in [-0.3, -0.25) is 9.89 Å². The largest absolute Gasteiger partial charge is 0.367 e. The van der Waals surface area contributed by atoms with Crippen LogP contribution in [0.4, 0.5) is 11.4 Å². The number of halogens is 1. The molecule has 1 aromatic carbocycles. The van der Waals surface area contributed by atoms with Gasteiger partial charge >= 0.3 is 0 Å². The Labute approximate surface area is 159 Å². The summed E-state index contributed by atoms with van der Waals surface area (Å²) in [6.07, 6.45) is 0. The number of carbonyl (C=O) groups is 1. The molecule has 6 nitrogen and oxygen atoms in total. The molecule has 1 amide bonds. The Morgan fingerprint density at radius 1 is 1.19 bits per heavy atom. The number of nitrogens with zero attached hydrogens (tertiary/aromatic N) is 3. The summed E-state index contributed by atoms with van der Waals surface area (Å²) in [5.74, 6) is -0.241. The van der Waals surface area contributed by atoms with Gasteiger partial charge in [-0.15, -0.1) is 0 Å². The van der Waals surface area contributed by atoms with E-state index < -0.39 is 0 Å². The van der Waals surface area contributed by atoms with Gasteiger partial charge in [0.05, 0.1) is 11.4 Å². The Morgan fingerprint density at radius 2 is 1.88 bits per heavy atom. The van der Waals surface area contributed by atoms with E-state index in [-0.39, 0.29) is 11.3 Å². The van der Waals surface area contributed by atoms with Crippen LogP contribution in [0.2, 0.25) is 5.02 Å². The van der Waals surface area contributed by atoms with Gasteiger partial charge in [0.15, 0.2) is 5.69 Å². The highest BCUT2D eigenvalue weighted by Gasteiger charge is 2.22. The van der Waals surface area contributed by atoms with Crippen molar-refractivity contribution in [3.8, 4) is 0 Å². The zero-order valence-electron chi connectivity index (χ0n) is 15.8. The fraction of sp³-hybridized carbons (Fsp3) is 0.474. The van der Waals surface area contributed by atoms with E-state index in [4.69, 9.17) is 11.6 Å². The van der Waals surface area contributed by atoms with E-state index in [2.05, 4.69) is 53.1 Å². The number of benzene rings is 1. The van der Waals surface area contributed by atoms with Crippen molar-refractivity contribution in [1.29, 1.82) is 0 Å². The smallest absolute Gasteiger partial charge is 0.276 e. The average Bonchev–Trinajstić information content (AvgIpc) is 3.06. The van der Waals surface area contributed by atoms with E-state index in [0.29, 0.717) is 16.4 Å². The van der Waals surface area contributed by atoms with E-state index in [9.17, 15) is 4.79 Å². The van der Waals surface area contributed by atoms with Crippen LogP contribution in [0.25, 0.3) is 0 Å². The maximum atomic E-state index is 12.7. The Balaban J connectivity index is 1.81. The zero-order valence-corrected chi connectivity index (χ0v) is 16.5. The van der Waals surface area contributed by atoms with Gasteiger partial charge in [-0.1, -0.05) is 32.4 Å². The molecular weight excluding hydrogens is 350 g/mol. The summed E-state index contributed by atoms with van der Waals surface area (Å²) in [5.41, 5.74) is 2.91. The maximum absolute atomic E-state index is 12.7. The number of hydrogen-bond acceptors (Lipinski definition) is 4. The summed E-state index contributed by atoms with van der Waals surface area (Å²) in [4.78, 5) is 17.3. The van der Waals surface area contributed by atoms with Crippen LogP contribution in [0.1, 0.15) is 37.0 Å². The number of nitrogens with one attached hydrogen (secondary N) is 2. The SMILES string of the molecule is CN1CCN(c2ccc(Cl)cc2NC(=O)c2cc(C(C)(C)C)[nH]n2)CC1. The van der Waals surface area contributed by atoms with Crippen LogP contribution in [0.3, 0.4) is 0 Å². The maximum Gasteiger partial charge on any atom is 0.276 e. The van der Waals surface area contributed by atoms with Crippen LogP contribution in [0.15, 0.2) is 24.3 Å². The van der Waals surface area contributed by atoms with Gasteiger partial charge in [-0.2, -0.15) is 5.10 Å². The summed E-state index contributed by atoms with van der Waals surface area (Å²) in [6, 6.07) is 7.42. The van der Waals surface area contributed by atoms with E-state index in [1.54, 1.807) is 12.1 Å². The first-order valence-corrected chi connectivity index (χ1v) is 9.22. The first kappa shape index (κ1) is 18.7. The minimum Gasteiger partial charge on any atom is -0.367 e. The van der Waals surface area contributed by atoms with Crippen molar-refractivity contribution < 1.29 is 4.79 Å². The molecule has 1 aliphatic heterocycles. The molecule has 1 fully saturated rings. The number of anilines is 2. The lowest BCUT2D eigenvalue weighted by atomic mass is 9.92. The first-order valence-electron chi connectivity index (χ1n) is 8.84. The van der Waals surface area contributed by atoms with Gasteiger partial charge in [0.1, 0.15) is 0 Å². The fourth-order valence-corrected chi connectivity index (χ4v) is 3.11. The third kappa shape index (κ3) is 4.19. The molecule has 0 bridgehead atoms. The third-order valence-corrected chi connectivity index (χ3v) is 4.90. The molecule has 0 unspecified atom stereocenters. The van der Waals surface area contributed by atoms with Crippen LogP contribution >= 0.6 is 11.6 Å². The first-order chi connectivity index (χ1) is 12.2.